The predicted molar refractivity (Wildman–Crippen MR) is 140 cm³/mol. The molecule has 0 saturated carbocycles. The first-order chi connectivity index (χ1) is 17.7. The summed E-state index contributed by atoms with van der Waals surface area (Å²) in [5.74, 6) is 0.922. The Morgan fingerprint density at radius 1 is 1.16 bits per heavy atom. The highest BCUT2D eigenvalue weighted by molar-refractivity contribution is 5.78. The first-order valence-corrected chi connectivity index (χ1v) is 13.8. The van der Waals surface area contributed by atoms with E-state index in [0.29, 0.717) is 24.7 Å². The van der Waals surface area contributed by atoms with Crippen LogP contribution in [-0.4, -0.2) is 56.3 Å². The Hall–Kier alpha value is -2.74. The van der Waals surface area contributed by atoms with Crippen molar-refractivity contribution in [2.45, 2.75) is 96.9 Å². The second kappa shape index (κ2) is 10.6. The zero-order valence-corrected chi connectivity index (χ0v) is 22.5. The van der Waals surface area contributed by atoms with Gasteiger partial charge in [-0.3, -0.25) is 14.5 Å². The fraction of sp³-hybridized carbons (Fsp3) is 0.621. The van der Waals surface area contributed by atoms with Gasteiger partial charge in [0.15, 0.2) is 0 Å². The van der Waals surface area contributed by atoms with E-state index in [1.165, 1.54) is 37.6 Å². The molecule has 37 heavy (non-hydrogen) atoms. The number of imidazole rings is 1. The minimum atomic E-state index is -0.276. The summed E-state index contributed by atoms with van der Waals surface area (Å²) < 4.78 is 16.3. The Morgan fingerprint density at radius 2 is 1.89 bits per heavy atom. The molecule has 3 aliphatic rings. The predicted octanol–water partition coefficient (Wildman–Crippen LogP) is 4.31. The second-order valence-electron chi connectivity index (χ2n) is 11.4. The smallest absolute Gasteiger partial charge is 0.225 e. The third kappa shape index (κ3) is 5.31. The lowest BCUT2D eigenvalue weighted by Gasteiger charge is -2.41. The first-order valence-electron chi connectivity index (χ1n) is 13.8. The maximum Gasteiger partial charge on any atom is 0.225 e. The number of piperidine rings is 1. The van der Waals surface area contributed by atoms with Gasteiger partial charge in [0, 0.05) is 50.5 Å². The molecule has 1 N–H and O–H groups in total. The van der Waals surface area contributed by atoms with Crippen LogP contribution in [0, 0.1) is 18.7 Å². The molecule has 7 nitrogen and oxygen atoms in total. The van der Waals surface area contributed by atoms with Crippen LogP contribution in [0.25, 0.3) is 0 Å². The van der Waals surface area contributed by atoms with Crippen LogP contribution in [0.2, 0.25) is 0 Å². The molecular weight excluding hydrogens is 469 g/mol. The van der Waals surface area contributed by atoms with Gasteiger partial charge in [0.05, 0.1) is 24.0 Å². The van der Waals surface area contributed by atoms with Crippen molar-refractivity contribution in [2.24, 2.45) is 5.92 Å². The van der Waals surface area contributed by atoms with Gasteiger partial charge in [-0.25, -0.2) is 9.37 Å². The summed E-state index contributed by atoms with van der Waals surface area (Å²) in [6, 6.07) is 7.74. The van der Waals surface area contributed by atoms with E-state index < -0.39 is 0 Å². The highest BCUT2D eigenvalue weighted by Gasteiger charge is 2.42. The number of aryl methyl sites for hydroxylation is 1. The normalized spacial score (nSPS) is 24.3. The second-order valence-corrected chi connectivity index (χ2v) is 11.4. The fourth-order valence-corrected chi connectivity index (χ4v) is 6.94. The molecule has 1 aromatic heterocycles. The summed E-state index contributed by atoms with van der Waals surface area (Å²) in [6.07, 6.45) is 6.09. The third-order valence-electron chi connectivity index (χ3n) is 8.56. The van der Waals surface area contributed by atoms with Crippen LogP contribution in [0.4, 0.5) is 4.39 Å². The lowest BCUT2D eigenvalue weighted by Crippen LogP contribution is -2.45. The maximum atomic E-state index is 13.9. The van der Waals surface area contributed by atoms with Crippen molar-refractivity contribution in [3.05, 3.63) is 52.9 Å². The van der Waals surface area contributed by atoms with Gasteiger partial charge in [-0.2, -0.15) is 0 Å². The number of hydrogen-bond acceptors (Lipinski definition) is 4. The molecule has 3 aliphatic heterocycles. The van der Waals surface area contributed by atoms with Gasteiger partial charge in [-0.1, -0.05) is 26.0 Å². The van der Waals surface area contributed by atoms with Gasteiger partial charge in [-0.05, 0) is 56.7 Å². The summed E-state index contributed by atoms with van der Waals surface area (Å²) >= 11 is 0. The van der Waals surface area contributed by atoms with Crippen LogP contribution in [-0.2, 0) is 22.6 Å². The van der Waals surface area contributed by atoms with Crippen molar-refractivity contribution >= 4 is 11.8 Å². The van der Waals surface area contributed by atoms with Gasteiger partial charge in [0.25, 0.3) is 0 Å². The number of carbonyl (C=O) groups is 2. The molecule has 2 fully saturated rings. The van der Waals surface area contributed by atoms with E-state index in [2.05, 4.69) is 21.7 Å². The minimum absolute atomic E-state index is 0.00629. The maximum absolute atomic E-state index is 13.9. The number of amides is 2. The van der Waals surface area contributed by atoms with E-state index in [1.54, 1.807) is 6.07 Å². The quantitative estimate of drug-likeness (QED) is 0.604. The highest BCUT2D eigenvalue weighted by atomic mass is 19.1. The Labute approximate surface area is 219 Å². The molecule has 1 aromatic carbocycles. The molecule has 4 atom stereocenters. The number of halogens is 1. The Bertz CT molecular complexity index is 1150. The highest BCUT2D eigenvalue weighted by Crippen LogP contribution is 2.43. The molecule has 0 radical (unpaired) electrons. The van der Waals surface area contributed by atoms with Gasteiger partial charge >= 0.3 is 0 Å². The number of fused-ring (bicyclic) bond motifs is 3. The molecule has 2 amide bonds. The molecule has 0 aliphatic carbocycles. The van der Waals surface area contributed by atoms with Crippen molar-refractivity contribution in [1.29, 1.82) is 0 Å². The Balaban J connectivity index is 1.29. The number of hydrogen-bond donors (Lipinski definition) is 1. The van der Waals surface area contributed by atoms with Crippen molar-refractivity contribution in [3.8, 4) is 0 Å². The van der Waals surface area contributed by atoms with Gasteiger partial charge < -0.3 is 14.8 Å². The number of aromatic nitrogens is 2. The van der Waals surface area contributed by atoms with E-state index in [9.17, 15) is 14.0 Å². The number of nitrogens with zero attached hydrogens (tertiary/aromatic N) is 4. The van der Waals surface area contributed by atoms with Crippen molar-refractivity contribution in [3.63, 3.8) is 0 Å². The third-order valence-corrected chi connectivity index (χ3v) is 8.56. The van der Waals surface area contributed by atoms with E-state index in [4.69, 9.17) is 4.98 Å². The molecule has 2 bridgehead atoms. The van der Waals surface area contributed by atoms with Crippen molar-refractivity contribution in [1.82, 2.24) is 24.7 Å². The zero-order valence-electron chi connectivity index (χ0n) is 22.5. The molecule has 8 heteroatoms. The van der Waals surface area contributed by atoms with Crippen LogP contribution in [0.3, 0.4) is 0 Å². The van der Waals surface area contributed by atoms with E-state index in [0.717, 1.165) is 55.9 Å². The largest absolute Gasteiger partial charge is 0.349 e. The summed E-state index contributed by atoms with van der Waals surface area (Å²) in [7, 11) is 0. The SMILES string of the molecule is CC(=O)NC(CCN1[C@@H]2CC[C@H]1CC(n1c(C)nc3c1CN(C(=O)C(C)C)CC3)C2)c1cccc(F)c1. The molecule has 200 valence electrons. The van der Waals surface area contributed by atoms with Crippen LogP contribution in [0.1, 0.15) is 87.7 Å². The summed E-state index contributed by atoms with van der Waals surface area (Å²) in [6.45, 7) is 9.86. The van der Waals surface area contributed by atoms with Gasteiger partial charge in [0.2, 0.25) is 11.8 Å². The average Bonchev–Trinajstić information content (AvgIpc) is 3.30. The van der Waals surface area contributed by atoms with Gasteiger partial charge in [0.1, 0.15) is 11.6 Å². The lowest BCUT2D eigenvalue weighted by molar-refractivity contribution is -0.135. The monoisotopic (exact) mass is 509 g/mol. The zero-order chi connectivity index (χ0) is 26.3. The molecule has 5 rings (SSSR count). The summed E-state index contributed by atoms with van der Waals surface area (Å²) in [5.41, 5.74) is 3.21. The topological polar surface area (TPSA) is 70.5 Å². The number of benzene rings is 1. The average molecular weight is 510 g/mol. The molecule has 2 unspecified atom stereocenters. The summed E-state index contributed by atoms with van der Waals surface area (Å²) in [5, 5.41) is 3.03. The van der Waals surface area contributed by atoms with Gasteiger partial charge in [-0.15, -0.1) is 0 Å². The Morgan fingerprint density at radius 3 is 2.54 bits per heavy atom. The standard InChI is InChI=1S/C29H40FN5O2/c1-18(2)29(37)33-12-10-27-28(17-33)35(19(3)31-27)25-15-23-8-9-24(16-25)34(23)13-11-26(32-20(4)36)21-6-5-7-22(30)14-21/h5-7,14,18,23-26H,8-13,15-17H2,1-4H3,(H,32,36)/t23-,24+,25?,26?. The Kier molecular flexibility index (Phi) is 7.39. The van der Waals surface area contributed by atoms with Crippen molar-refractivity contribution in [2.75, 3.05) is 13.1 Å². The fourth-order valence-electron chi connectivity index (χ4n) is 6.94. The van der Waals surface area contributed by atoms with Crippen LogP contribution >= 0.6 is 0 Å². The van der Waals surface area contributed by atoms with E-state index >= 15 is 0 Å². The summed E-state index contributed by atoms with van der Waals surface area (Å²) in [4.78, 5) is 34.1. The molecule has 4 heterocycles. The van der Waals surface area contributed by atoms with E-state index in [-0.39, 0.29) is 29.6 Å². The minimum Gasteiger partial charge on any atom is -0.349 e. The van der Waals surface area contributed by atoms with Crippen LogP contribution < -0.4 is 5.32 Å². The number of carbonyl (C=O) groups excluding carboxylic acids is 2. The molecular formula is C29H40FN5O2. The molecule has 2 aromatic rings. The van der Waals surface area contributed by atoms with Crippen molar-refractivity contribution < 1.29 is 14.0 Å². The van der Waals surface area contributed by atoms with Crippen LogP contribution in [0.15, 0.2) is 24.3 Å². The lowest BCUT2D eigenvalue weighted by atomic mass is 9.95. The molecule has 0 spiro atoms. The first kappa shape index (κ1) is 25.9. The molecule has 2 saturated heterocycles. The number of rotatable bonds is 7. The van der Waals surface area contributed by atoms with Crippen LogP contribution in [0.5, 0.6) is 0 Å². The number of nitrogens with one attached hydrogen (secondary N) is 1. The van der Waals surface area contributed by atoms with E-state index in [1.807, 2.05) is 24.8 Å².